The minimum atomic E-state index is -3.04. The molecule has 0 aromatic rings. The number of sulfonamides is 1. The van der Waals surface area contributed by atoms with Crippen LogP contribution in [0.2, 0.25) is 0 Å². The van der Waals surface area contributed by atoms with Crippen LogP contribution in [0.25, 0.3) is 0 Å². The zero-order valence-electron chi connectivity index (χ0n) is 10.5. The number of nitrogens with zero attached hydrogens (tertiary/aromatic N) is 2. The highest BCUT2D eigenvalue weighted by atomic mass is 32.2. The fourth-order valence-corrected chi connectivity index (χ4v) is 2.50. The summed E-state index contributed by atoms with van der Waals surface area (Å²) in [5, 5.41) is 0. The molecular weight excluding hydrogens is 212 g/mol. The van der Waals surface area contributed by atoms with E-state index in [0.29, 0.717) is 19.0 Å². The van der Waals surface area contributed by atoms with E-state index >= 15 is 0 Å². The molecule has 5 heteroatoms. The molecular formula is C10H24N2O2S. The quantitative estimate of drug-likeness (QED) is 0.658. The summed E-state index contributed by atoms with van der Waals surface area (Å²) >= 11 is 0. The maximum absolute atomic E-state index is 11.8. The summed E-state index contributed by atoms with van der Waals surface area (Å²) in [6, 6.07) is 0. The Bertz CT molecular complexity index is 261. The van der Waals surface area contributed by atoms with E-state index in [1.54, 1.807) is 11.2 Å². The van der Waals surface area contributed by atoms with Crippen LogP contribution < -0.4 is 0 Å². The SMILES string of the molecule is CCS(=O)(=O)N(CCN(C)C)CC(C)C. The average molecular weight is 236 g/mol. The van der Waals surface area contributed by atoms with Gasteiger partial charge in [0.2, 0.25) is 10.0 Å². The molecule has 0 aliphatic heterocycles. The Morgan fingerprint density at radius 3 is 2.00 bits per heavy atom. The Kier molecular flexibility index (Phi) is 6.40. The van der Waals surface area contributed by atoms with Gasteiger partial charge < -0.3 is 4.90 Å². The molecule has 4 nitrogen and oxygen atoms in total. The van der Waals surface area contributed by atoms with Gasteiger partial charge in [-0.15, -0.1) is 0 Å². The number of rotatable bonds is 7. The Labute approximate surface area is 94.3 Å². The largest absolute Gasteiger partial charge is 0.308 e. The van der Waals surface area contributed by atoms with Crippen molar-refractivity contribution in [1.29, 1.82) is 0 Å². The molecule has 0 fully saturated rings. The van der Waals surface area contributed by atoms with Gasteiger partial charge in [-0.2, -0.15) is 0 Å². The van der Waals surface area contributed by atoms with Crippen LogP contribution in [0.4, 0.5) is 0 Å². The topological polar surface area (TPSA) is 40.6 Å². The number of likely N-dealkylation sites (N-methyl/N-ethyl adjacent to an activating group) is 1. The van der Waals surface area contributed by atoms with Crippen LogP contribution in [-0.4, -0.2) is 57.1 Å². The Morgan fingerprint density at radius 2 is 1.67 bits per heavy atom. The highest BCUT2D eigenvalue weighted by Crippen LogP contribution is 2.06. The fourth-order valence-electron chi connectivity index (χ4n) is 1.25. The van der Waals surface area contributed by atoms with E-state index in [9.17, 15) is 8.42 Å². The van der Waals surface area contributed by atoms with Crippen LogP contribution >= 0.6 is 0 Å². The molecule has 0 aliphatic rings. The summed E-state index contributed by atoms with van der Waals surface area (Å²) in [4.78, 5) is 2.00. The van der Waals surface area contributed by atoms with Crippen molar-refractivity contribution in [1.82, 2.24) is 9.21 Å². The van der Waals surface area contributed by atoms with Gasteiger partial charge >= 0.3 is 0 Å². The van der Waals surface area contributed by atoms with Crippen LogP contribution in [0, 0.1) is 5.92 Å². The zero-order chi connectivity index (χ0) is 12.1. The van der Waals surface area contributed by atoms with Crippen molar-refractivity contribution in [2.75, 3.05) is 39.5 Å². The minimum absolute atomic E-state index is 0.188. The van der Waals surface area contributed by atoms with E-state index in [4.69, 9.17) is 0 Å². The van der Waals surface area contributed by atoms with Gasteiger partial charge in [0.05, 0.1) is 5.75 Å². The second-order valence-electron chi connectivity index (χ2n) is 4.46. The van der Waals surface area contributed by atoms with Gasteiger partial charge in [0.1, 0.15) is 0 Å². The van der Waals surface area contributed by atoms with Gasteiger partial charge in [-0.1, -0.05) is 13.8 Å². The molecule has 0 aromatic carbocycles. The summed E-state index contributed by atoms with van der Waals surface area (Å²) in [7, 11) is 0.857. The van der Waals surface area contributed by atoms with Gasteiger partial charge in [-0.25, -0.2) is 12.7 Å². The second-order valence-corrected chi connectivity index (χ2v) is 6.71. The Hall–Kier alpha value is -0.130. The second kappa shape index (κ2) is 6.45. The van der Waals surface area contributed by atoms with Gasteiger partial charge in [-0.3, -0.25) is 0 Å². The molecule has 0 unspecified atom stereocenters. The smallest absolute Gasteiger partial charge is 0.213 e. The van der Waals surface area contributed by atoms with E-state index in [1.165, 1.54) is 0 Å². The first kappa shape index (κ1) is 14.9. The molecule has 0 heterocycles. The molecule has 0 amide bonds. The normalized spacial score (nSPS) is 13.1. The lowest BCUT2D eigenvalue weighted by Gasteiger charge is -2.24. The van der Waals surface area contributed by atoms with Crippen LogP contribution in [-0.2, 0) is 10.0 Å². The molecule has 0 rings (SSSR count). The third kappa shape index (κ3) is 6.12. The van der Waals surface area contributed by atoms with Gasteiger partial charge in [-0.05, 0) is 26.9 Å². The highest BCUT2D eigenvalue weighted by molar-refractivity contribution is 7.89. The first-order valence-corrected chi connectivity index (χ1v) is 7.03. The molecule has 92 valence electrons. The van der Waals surface area contributed by atoms with Crippen molar-refractivity contribution in [3.8, 4) is 0 Å². The monoisotopic (exact) mass is 236 g/mol. The lowest BCUT2D eigenvalue weighted by molar-refractivity contribution is 0.313. The summed E-state index contributed by atoms with van der Waals surface area (Å²) in [6.45, 7) is 7.73. The predicted octanol–water partition coefficient (Wildman–Crippen LogP) is 0.856. The zero-order valence-corrected chi connectivity index (χ0v) is 11.3. The Morgan fingerprint density at radius 1 is 1.13 bits per heavy atom. The number of hydrogen-bond donors (Lipinski definition) is 0. The maximum atomic E-state index is 11.8. The van der Waals surface area contributed by atoms with Crippen molar-refractivity contribution in [3.05, 3.63) is 0 Å². The molecule has 0 atom stereocenters. The third-order valence-electron chi connectivity index (χ3n) is 2.12. The van der Waals surface area contributed by atoms with E-state index in [-0.39, 0.29) is 5.75 Å². The molecule has 0 radical (unpaired) electrons. The average Bonchev–Trinajstić information content (AvgIpc) is 2.11. The van der Waals surface area contributed by atoms with Crippen molar-refractivity contribution in [3.63, 3.8) is 0 Å². The van der Waals surface area contributed by atoms with Crippen LogP contribution in [0.1, 0.15) is 20.8 Å². The van der Waals surface area contributed by atoms with Crippen LogP contribution in [0.15, 0.2) is 0 Å². The van der Waals surface area contributed by atoms with E-state index in [1.807, 2.05) is 32.8 Å². The fraction of sp³-hybridized carbons (Fsp3) is 1.00. The minimum Gasteiger partial charge on any atom is -0.308 e. The number of hydrogen-bond acceptors (Lipinski definition) is 3. The van der Waals surface area contributed by atoms with Gasteiger partial charge in [0, 0.05) is 19.6 Å². The summed E-state index contributed by atoms with van der Waals surface area (Å²) in [5.41, 5.74) is 0. The van der Waals surface area contributed by atoms with E-state index < -0.39 is 10.0 Å². The lowest BCUT2D eigenvalue weighted by atomic mass is 10.2. The lowest BCUT2D eigenvalue weighted by Crippen LogP contribution is -2.39. The third-order valence-corrected chi connectivity index (χ3v) is 3.97. The van der Waals surface area contributed by atoms with Crippen molar-refractivity contribution in [2.24, 2.45) is 5.92 Å². The van der Waals surface area contributed by atoms with Crippen molar-refractivity contribution < 1.29 is 8.42 Å². The first-order valence-electron chi connectivity index (χ1n) is 5.42. The summed E-state index contributed by atoms with van der Waals surface area (Å²) < 4.78 is 25.1. The van der Waals surface area contributed by atoms with Crippen LogP contribution in [0.5, 0.6) is 0 Å². The first-order chi connectivity index (χ1) is 6.79. The highest BCUT2D eigenvalue weighted by Gasteiger charge is 2.20. The van der Waals surface area contributed by atoms with E-state index in [0.717, 1.165) is 6.54 Å². The summed E-state index contributed by atoms with van der Waals surface area (Å²) in [5.74, 6) is 0.557. The maximum Gasteiger partial charge on any atom is 0.213 e. The standard InChI is InChI=1S/C10H24N2O2S/c1-6-15(13,14)12(9-10(2)3)8-7-11(4)5/h10H,6-9H2,1-5H3. The van der Waals surface area contributed by atoms with Crippen LogP contribution in [0.3, 0.4) is 0 Å². The van der Waals surface area contributed by atoms with Gasteiger partial charge in [0.15, 0.2) is 0 Å². The molecule has 0 aromatic heterocycles. The van der Waals surface area contributed by atoms with E-state index in [2.05, 4.69) is 0 Å². The molecule has 0 spiro atoms. The van der Waals surface area contributed by atoms with Gasteiger partial charge in [0.25, 0.3) is 0 Å². The Balaban J connectivity index is 4.45. The molecule has 0 N–H and O–H groups in total. The predicted molar refractivity (Wildman–Crippen MR) is 64.4 cm³/mol. The van der Waals surface area contributed by atoms with Crippen molar-refractivity contribution >= 4 is 10.0 Å². The molecule has 0 aliphatic carbocycles. The molecule has 0 bridgehead atoms. The molecule has 0 saturated heterocycles. The van der Waals surface area contributed by atoms with Crippen molar-refractivity contribution in [2.45, 2.75) is 20.8 Å². The molecule has 15 heavy (non-hydrogen) atoms. The molecule has 0 saturated carbocycles. The summed E-state index contributed by atoms with van der Waals surface area (Å²) in [6.07, 6.45) is 0.